The van der Waals surface area contributed by atoms with Crippen molar-refractivity contribution in [2.75, 3.05) is 19.6 Å². The maximum absolute atomic E-state index is 13.5. The number of furan rings is 1. The molecule has 3 aliphatic carbocycles. The predicted molar refractivity (Wildman–Crippen MR) is 161 cm³/mol. The molecule has 1 aromatic heterocycles. The Kier molecular flexibility index (Phi) is 7.02. The van der Waals surface area contributed by atoms with Crippen LogP contribution in [-0.2, 0) is 36.7 Å². The Balaban J connectivity index is 1.24. The quantitative estimate of drug-likeness (QED) is 0.363. The first-order valence-corrected chi connectivity index (χ1v) is 16.6. The first-order valence-electron chi connectivity index (χ1n) is 14.3. The van der Waals surface area contributed by atoms with E-state index in [1.54, 1.807) is 30.9 Å². The summed E-state index contributed by atoms with van der Waals surface area (Å²) in [5.41, 5.74) is 2.92. The highest BCUT2D eigenvalue weighted by Gasteiger charge is 2.68. The van der Waals surface area contributed by atoms with Gasteiger partial charge in [-0.25, -0.2) is 4.21 Å². The van der Waals surface area contributed by atoms with E-state index in [-0.39, 0.29) is 29.4 Å². The van der Waals surface area contributed by atoms with E-state index in [1.165, 1.54) is 7.11 Å². The topological polar surface area (TPSA) is 99.4 Å². The summed E-state index contributed by atoms with van der Waals surface area (Å²) in [5, 5.41) is 4.25. The van der Waals surface area contributed by atoms with E-state index in [9.17, 15) is 9.00 Å². The van der Waals surface area contributed by atoms with Crippen molar-refractivity contribution in [3.8, 4) is 5.75 Å². The second-order valence-electron chi connectivity index (χ2n) is 12.9. The lowest BCUT2D eigenvalue weighted by molar-refractivity contribution is -0.199. The number of fused-ring (bicyclic) bond motifs is 1. The highest BCUT2D eigenvalue weighted by atomic mass is 32.2. The molecule has 10 heteroatoms. The van der Waals surface area contributed by atoms with Crippen LogP contribution in [-0.4, -0.2) is 54.5 Å². The zero-order valence-corrected chi connectivity index (χ0v) is 25.5. The van der Waals surface area contributed by atoms with Gasteiger partial charge in [0.05, 0.1) is 37.4 Å². The van der Waals surface area contributed by atoms with Crippen LogP contribution in [0.3, 0.4) is 0 Å². The lowest BCUT2D eigenvalue weighted by atomic mass is 9.43. The smallest absolute Gasteiger partial charge is 0.482 e. The van der Waals surface area contributed by atoms with E-state index in [0.717, 1.165) is 34.9 Å². The lowest BCUT2D eigenvalue weighted by Gasteiger charge is -2.64. The van der Waals surface area contributed by atoms with Gasteiger partial charge in [0.1, 0.15) is 17.0 Å². The fraction of sp³-hybridized carbons (Fsp3) is 0.516. The molecule has 1 saturated heterocycles. The number of rotatable bonds is 8. The fourth-order valence-electron chi connectivity index (χ4n) is 7.30. The van der Waals surface area contributed by atoms with Gasteiger partial charge in [0.15, 0.2) is 0 Å². The first-order chi connectivity index (χ1) is 19.4. The number of carbonyl (C=O) groups excluding carboxylic acids is 1. The number of carbonyl (C=O) groups is 1. The van der Waals surface area contributed by atoms with Gasteiger partial charge in [-0.15, -0.1) is 0 Å². The fourth-order valence-corrected chi connectivity index (χ4v) is 7.93. The molecule has 5 atom stereocenters. The summed E-state index contributed by atoms with van der Waals surface area (Å²) in [5.74, 6) is 0.979. The molecule has 2 aromatic carbocycles. The van der Waals surface area contributed by atoms with Gasteiger partial charge in [-0.05, 0) is 72.8 Å². The third-order valence-corrected chi connectivity index (χ3v) is 10.2. The summed E-state index contributed by atoms with van der Waals surface area (Å²) in [7, 11) is -1.39. The molecule has 3 saturated carbocycles. The molecule has 8 nitrogen and oxygen atoms in total. The minimum Gasteiger partial charge on any atom is -0.494 e. The van der Waals surface area contributed by atoms with Gasteiger partial charge in [-0.2, -0.15) is 4.36 Å². The van der Waals surface area contributed by atoms with Crippen molar-refractivity contribution in [2.45, 2.75) is 64.1 Å². The average molecular weight is 579 g/mol. The zero-order chi connectivity index (χ0) is 29.2. The van der Waals surface area contributed by atoms with Crippen molar-refractivity contribution < 1.29 is 27.5 Å². The van der Waals surface area contributed by atoms with Gasteiger partial charge >= 0.3 is 7.12 Å². The molecular weight excluding hydrogens is 539 g/mol. The van der Waals surface area contributed by atoms with Crippen LogP contribution in [0.1, 0.15) is 44.7 Å². The molecule has 41 heavy (non-hydrogen) atoms. The zero-order valence-electron chi connectivity index (χ0n) is 24.6. The monoisotopic (exact) mass is 578 g/mol. The normalized spacial score (nSPS) is 27.2. The van der Waals surface area contributed by atoms with E-state index in [4.69, 9.17) is 18.5 Å². The van der Waals surface area contributed by atoms with Crippen molar-refractivity contribution in [2.24, 2.45) is 21.6 Å². The number of amides is 1. The SMILES string of the molecule is COc1cc(CC(=O)N[C@@H](Cc2coc3ccccc23)B2O[C@@H]3C[C@@H]4C[C@@H](C4(C)C)[C@]3(C)O2)ccc1N=S(C)(C)=O. The van der Waals surface area contributed by atoms with Crippen LogP contribution >= 0.6 is 0 Å². The largest absolute Gasteiger partial charge is 0.494 e. The number of hydrogen-bond acceptors (Lipinski definition) is 7. The number of nitrogens with zero attached hydrogens (tertiary/aromatic N) is 1. The minimum absolute atomic E-state index is 0.0118. The van der Waals surface area contributed by atoms with Gasteiger partial charge in [-0.3, -0.25) is 4.79 Å². The molecule has 218 valence electrons. The molecule has 1 N–H and O–H groups in total. The van der Waals surface area contributed by atoms with Crippen LogP contribution < -0.4 is 10.1 Å². The molecule has 4 aliphatic rings. The minimum atomic E-state index is -2.35. The number of methoxy groups -OCH3 is 1. The number of benzene rings is 2. The van der Waals surface area contributed by atoms with E-state index >= 15 is 0 Å². The molecule has 1 amide bonds. The van der Waals surface area contributed by atoms with Crippen LogP contribution in [0.4, 0.5) is 5.69 Å². The second kappa shape index (κ2) is 10.2. The average Bonchev–Trinajstić information content (AvgIpc) is 3.48. The standard InChI is InChI=1S/C31H39BN2O6S/c1-30(2)21-16-26(30)31(3)27(17-21)39-32(40-31)28(15-20-18-38-24-10-8-7-9-22(20)24)33-29(35)14-19-11-12-23(25(13-19)37-4)34-41(5,6)36/h7-13,18,21,26-28H,14-17H2,1-6H3,(H,33,35)/t21-,26-,27+,28-,31-/m0/s1. The van der Waals surface area contributed by atoms with E-state index < -0.39 is 22.8 Å². The van der Waals surface area contributed by atoms with Crippen LogP contribution in [0.25, 0.3) is 11.0 Å². The highest BCUT2D eigenvalue weighted by Crippen LogP contribution is 2.65. The van der Waals surface area contributed by atoms with Crippen LogP contribution in [0.15, 0.2) is 57.5 Å². The van der Waals surface area contributed by atoms with E-state index in [2.05, 4.69) is 30.5 Å². The molecule has 0 unspecified atom stereocenters. The summed E-state index contributed by atoms with van der Waals surface area (Å²) >= 11 is 0. The van der Waals surface area contributed by atoms with Crippen LogP contribution in [0.2, 0.25) is 0 Å². The van der Waals surface area contributed by atoms with Gasteiger partial charge < -0.3 is 23.8 Å². The highest BCUT2D eigenvalue weighted by molar-refractivity contribution is 7.92. The van der Waals surface area contributed by atoms with Crippen molar-refractivity contribution in [3.05, 3.63) is 59.9 Å². The molecule has 0 spiro atoms. The predicted octanol–water partition coefficient (Wildman–Crippen LogP) is 5.34. The van der Waals surface area contributed by atoms with Crippen molar-refractivity contribution >= 4 is 39.4 Å². The number of ether oxygens (including phenoxy) is 1. The molecule has 1 aliphatic heterocycles. The van der Waals surface area contributed by atoms with Crippen LogP contribution in [0.5, 0.6) is 5.75 Å². The Morgan fingerprint density at radius 3 is 2.71 bits per heavy atom. The summed E-state index contributed by atoms with van der Waals surface area (Å²) in [6, 6.07) is 13.2. The van der Waals surface area contributed by atoms with Crippen molar-refractivity contribution in [1.82, 2.24) is 5.32 Å². The van der Waals surface area contributed by atoms with Gasteiger partial charge in [0.25, 0.3) is 0 Å². The molecule has 4 fully saturated rings. The second-order valence-corrected chi connectivity index (χ2v) is 15.5. The maximum atomic E-state index is 13.5. The summed E-state index contributed by atoms with van der Waals surface area (Å²) in [4.78, 5) is 13.5. The van der Waals surface area contributed by atoms with Gasteiger partial charge in [0.2, 0.25) is 5.91 Å². The van der Waals surface area contributed by atoms with E-state index in [0.29, 0.717) is 29.7 Å². The summed E-state index contributed by atoms with van der Waals surface area (Å²) in [6.45, 7) is 6.87. The van der Waals surface area contributed by atoms with Gasteiger partial charge in [-0.1, -0.05) is 38.1 Å². The molecule has 0 radical (unpaired) electrons. The molecule has 3 aromatic rings. The molecule has 2 heterocycles. The number of hydrogen-bond donors (Lipinski definition) is 1. The first kappa shape index (κ1) is 28.3. The Hall–Kier alpha value is -2.82. The third-order valence-electron chi connectivity index (χ3n) is 9.57. The van der Waals surface area contributed by atoms with Crippen LogP contribution in [0, 0.1) is 17.3 Å². The lowest BCUT2D eigenvalue weighted by Crippen LogP contribution is -2.65. The Morgan fingerprint density at radius 2 is 1.98 bits per heavy atom. The third kappa shape index (κ3) is 5.19. The molecule has 7 rings (SSSR count). The van der Waals surface area contributed by atoms with E-state index in [1.807, 2.05) is 30.3 Å². The maximum Gasteiger partial charge on any atom is 0.482 e. The molecular formula is C31H39BN2O6S. The number of para-hydroxylation sites is 1. The number of nitrogens with one attached hydrogen (secondary N) is 1. The Labute approximate surface area is 242 Å². The van der Waals surface area contributed by atoms with Gasteiger partial charge in [0, 0.05) is 27.6 Å². The Bertz CT molecular complexity index is 1600. The van der Waals surface area contributed by atoms with Crippen molar-refractivity contribution in [3.63, 3.8) is 0 Å². The Morgan fingerprint density at radius 1 is 1.20 bits per heavy atom. The molecule has 2 bridgehead atoms. The van der Waals surface area contributed by atoms with Crippen molar-refractivity contribution in [1.29, 1.82) is 0 Å². The summed E-state index contributed by atoms with van der Waals surface area (Å²) < 4.78 is 41.2. The summed E-state index contributed by atoms with van der Waals surface area (Å²) in [6.07, 6.45) is 7.71.